The second-order valence-electron chi connectivity index (χ2n) is 17.1. The van der Waals surface area contributed by atoms with Gasteiger partial charge in [0.15, 0.2) is 0 Å². The Bertz CT molecular complexity index is 1040. The highest BCUT2D eigenvalue weighted by atomic mass is 31.2. The van der Waals surface area contributed by atoms with E-state index in [1.165, 1.54) is 153 Å². The minimum absolute atomic E-state index is 0.0487. The molecule has 2 atom stereocenters. The molecule has 0 radical (unpaired) electrons. The van der Waals surface area contributed by atoms with E-state index in [0.29, 0.717) is 24.1 Å². The third kappa shape index (κ3) is 36.8. The second-order valence-corrected chi connectivity index (χ2v) is 18.5. The Labute approximate surface area is 339 Å². The number of rotatable bonds is 41. The van der Waals surface area contributed by atoms with Crippen LogP contribution in [-0.2, 0) is 29.6 Å². The van der Waals surface area contributed by atoms with E-state index in [-0.39, 0.29) is 25.7 Å². The molecule has 1 amide bonds. The first-order chi connectivity index (χ1) is 26.6. The van der Waals surface area contributed by atoms with Crippen LogP contribution < -0.4 is 10.2 Å². The van der Waals surface area contributed by atoms with Crippen LogP contribution in [0.2, 0.25) is 0 Å². The van der Waals surface area contributed by atoms with Crippen LogP contribution >= 0.6 is 7.82 Å². The van der Waals surface area contributed by atoms with E-state index >= 15 is 0 Å². The van der Waals surface area contributed by atoms with Crippen LogP contribution in [0.3, 0.4) is 0 Å². The van der Waals surface area contributed by atoms with Gasteiger partial charge in [-0.15, -0.1) is 0 Å². The molecule has 0 aliphatic rings. The normalized spacial score (nSPS) is 13.5. The maximum atomic E-state index is 12.8. The number of carbonyl (C=O) groups excluding carboxylic acids is 1. The summed E-state index contributed by atoms with van der Waals surface area (Å²) < 4.78 is 29.2. The molecule has 0 saturated heterocycles. The van der Waals surface area contributed by atoms with Crippen molar-refractivity contribution in [3.63, 3.8) is 0 Å². The average molecular weight is 795 g/mol. The Morgan fingerprint density at radius 1 is 0.618 bits per heavy atom. The molecule has 0 aromatic heterocycles. The van der Waals surface area contributed by atoms with Gasteiger partial charge in [-0.25, -0.2) is 0 Å². The fourth-order valence-electron chi connectivity index (χ4n) is 6.90. The molecule has 1 aromatic carbocycles. The lowest BCUT2D eigenvalue weighted by Gasteiger charge is -2.28. The predicted octanol–water partition coefficient (Wildman–Crippen LogP) is 11.9. The van der Waals surface area contributed by atoms with Crippen molar-refractivity contribution < 1.29 is 32.5 Å². The van der Waals surface area contributed by atoms with E-state index in [0.717, 1.165) is 32.1 Å². The summed E-state index contributed by atoms with van der Waals surface area (Å²) in [4.78, 5) is 25.2. The van der Waals surface area contributed by atoms with Crippen LogP contribution in [0, 0.1) is 0 Å². The molecule has 1 unspecified atom stereocenters. The number of hydrogen-bond donors (Lipinski definition) is 1. The summed E-state index contributed by atoms with van der Waals surface area (Å²) in [5.74, 6) is -0.0820. The number of nitrogens with zero attached hydrogens (tertiary/aromatic N) is 1. The molecule has 0 aliphatic heterocycles. The molecule has 1 rings (SSSR count). The zero-order chi connectivity index (χ0) is 40.1. The molecule has 9 heteroatoms. The van der Waals surface area contributed by atoms with E-state index in [1.54, 1.807) is 0 Å². The number of unbranched alkanes of at least 4 members (excludes halogenated alkanes) is 25. The van der Waals surface area contributed by atoms with Crippen molar-refractivity contribution in [2.45, 2.75) is 199 Å². The van der Waals surface area contributed by atoms with E-state index < -0.39 is 13.9 Å². The summed E-state index contributed by atoms with van der Waals surface area (Å²) in [6, 6.07) is 10.3. The monoisotopic (exact) mass is 795 g/mol. The Morgan fingerprint density at radius 2 is 1.07 bits per heavy atom. The Balaban J connectivity index is 2.15. The number of hydrogen-bond acceptors (Lipinski definition) is 6. The molecule has 1 N–H and O–H groups in total. The minimum Gasteiger partial charge on any atom is -0.756 e. The average Bonchev–Trinajstić information content (AvgIpc) is 3.15. The third-order valence-corrected chi connectivity index (χ3v) is 11.4. The van der Waals surface area contributed by atoms with E-state index in [1.807, 2.05) is 21.1 Å². The molecular formula is C46H87N2O6P. The minimum atomic E-state index is -4.48. The number of nitrogens with one attached hydrogen (secondary N) is 1. The van der Waals surface area contributed by atoms with E-state index in [2.05, 4.69) is 42.6 Å². The maximum absolute atomic E-state index is 12.8. The number of phosphoric ester groups is 1. The number of ether oxygens (including phenoxy) is 1. The first kappa shape index (κ1) is 51.7. The van der Waals surface area contributed by atoms with Gasteiger partial charge in [-0.3, -0.25) is 9.36 Å². The SMILES string of the molecule is CCCCCCCCCCCCCCCC(=O)N[C@H](COCCCCCCCCCCCCCCCCc1ccccc1)COP(=O)([O-])OCC[N+](C)(C)C. The topological polar surface area (TPSA) is 96.9 Å². The Hall–Kier alpha value is -1.28. The highest BCUT2D eigenvalue weighted by Gasteiger charge is 2.19. The first-order valence-corrected chi connectivity index (χ1v) is 24.4. The molecule has 8 nitrogen and oxygen atoms in total. The van der Waals surface area contributed by atoms with Crippen molar-refractivity contribution in [3.8, 4) is 0 Å². The standard InChI is InChI=1S/C46H87N2O6P/c1-5-6-7-8-9-10-11-14-18-21-24-27-33-38-46(49)47-45(43-54-55(50,51)53-41-39-48(2,3)4)42-52-40-34-28-25-22-19-16-13-12-15-17-20-23-26-30-35-44-36-31-29-32-37-44/h29,31-32,36-37,45H,5-28,30,33-35,38-43H2,1-4H3,(H-,47,49,50,51)/t45-/m1/s1. The molecule has 0 spiro atoms. The molecule has 1 aromatic rings. The largest absolute Gasteiger partial charge is 0.756 e. The van der Waals surface area contributed by atoms with Gasteiger partial charge in [0.1, 0.15) is 13.2 Å². The summed E-state index contributed by atoms with van der Waals surface area (Å²) in [6.07, 6.45) is 36.1. The van der Waals surface area contributed by atoms with Crippen LogP contribution in [0.15, 0.2) is 30.3 Å². The third-order valence-electron chi connectivity index (χ3n) is 10.5. The van der Waals surface area contributed by atoms with Crippen LogP contribution in [-0.4, -0.2) is 70.5 Å². The van der Waals surface area contributed by atoms with E-state index in [9.17, 15) is 14.3 Å². The summed E-state index contributed by atoms with van der Waals surface area (Å²) in [5, 5.41) is 2.97. The molecule has 55 heavy (non-hydrogen) atoms. The zero-order valence-corrected chi connectivity index (χ0v) is 37.2. The van der Waals surface area contributed by atoms with Crippen LogP contribution in [0.25, 0.3) is 0 Å². The lowest BCUT2D eigenvalue weighted by Crippen LogP contribution is -2.42. The fourth-order valence-corrected chi connectivity index (χ4v) is 7.65. The smallest absolute Gasteiger partial charge is 0.268 e. The van der Waals surface area contributed by atoms with Crippen molar-refractivity contribution in [3.05, 3.63) is 35.9 Å². The summed E-state index contributed by atoms with van der Waals surface area (Å²) in [6.45, 7) is 3.47. The van der Waals surface area contributed by atoms with Gasteiger partial charge in [0.05, 0.1) is 40.4 Å². The van der Waals surface area contributed by atoms with Crippen LogP contribution in [0.5, 0.6) is 0 Å². The maximum Gasteiger partial charge on any atom is 0.268 e. The molecule has 0 aliphatic carbocycles. The molecule has 322 valence electrons. The van der Waals surface area contributed by atoms with Crippen molar-refractivity contribution in [1.29, 1.82) is 0 Å². The van der Waals surface area contributed by atoms with Gasteiger partial charge < -0.3 is 28.5 Å². The van der Waals surface area contributed by atoms with Crippen molar-refractivity contribution in [2.75, 3.05) is 54.1 Å². The highest BCUT2D eigenvalue weighted by Crippen LogP contribution is 2.38. The summed E-state index contributed by atoms with van der Waals surface area (Å²) in [7, 11) is 1.43. The van der Waals surface area contributed by atoms with E-state index in [4.69, 9.17) is 13.8 Å². The number of likely N-dealkylation sites (N-methyl/N-ethyl adjacent to an activating group) is 1. The zero-order valence-electron chi connectivity index (χ0n) is 36.3. The molecule has 0 fully saturated rings. The predicted molar refractivity (Wildman–Crippen MR) is 230 cm³/mol. The van der Waals surface area contributed by atoms with Gasteiger partial charge in [-0.05, 0) is 31.2 Å². The van der Waals surface area contributed by atoms with Gasteiger partial charge in [-0.2, -0.15) is 0 Å². The fraction of sp³-hybridized carbons (Fsp3) is 0.848. The van der Waals surface area contributed by atoms with Crippen molar-refractivity contribution >= 4 is 13.7 Å². The molecule has 0 bridgehead atoms. The summed E-state index contributed by atoms with van der Waals surface area (Å²) >= 11 is 0. The number of amides is 1. The van der Waals surface area contributed by atoms with Crippen molar-refractivity contribution in [2.24, 2.45) is 0 Å². The molecular weight excluding hydrogens is 707 g/mol. The second kappa shape index (κ2) is 35.8. The number of benzene rings is 1. The van der Waals surface area contributed by atoms with Gasteiger partial charge in [0, 0.05) is 13.0 Å². The highest BCUT2D eigenvalue weighted by molar-refractivity contribution is 7.45. The Morgan fingerprint density at radius 3 is 1.56 bits per heavy atom. The lowest BCUT2D eigenvalue weighted by molar-refractivity contribution is -0.870. The summed E-state index contributed by atoms with van der Waals surface area (Å²) in [5.41, 5.74) is 1.47. The molecule has 0 heterocycles. The van der Waals surface area contributed by atoms with Gasteiger partial charge >= 0.3 is 0 Å². The number of aryl methyl sites for hydroxylation is 1. The molecule has 0 saturated carbocycles. The van der Waals surface area contributed by atoms with Crippen LogP contribution in [0.1, 0.15) is 192 Å². The van der Waals surface area contributed by atoms with Gasteiger partial charge in [0.25, 0.3) is 7.82 Å². The van der Waals surface area contributed by atoms with Gasteiger partial charge in [-0.1, -0.05) is 191 Å². The lowest BCUT2D eigenvalue weighted by atomic mass is 10.0. The first-order valence-electron chi connectivity index (χ1n) is 22.9. The number of phosphoric acid groups is 1. The van der Waals surface area contributed by atoms with Gasteiger partial charge in [0.2, 0.25) is 5.91 Å². The van der Waals surface area contributed by atoms with Crippen molar-refractivity contribution in [1.82, 2.24) is 5.32 Å². The number of quaternary nitrogens is 1. The quantitative estimate of drug-likeness (QED) is 0.0403. The number of carbonyl (C=O) groups is 1. The Kier molecular flexibility index (Phi) is 33.7. The van der Waals surface area contributed by atoms with Crippen LogP contribution in [0.4, 0.5) is 0 Å².